The average molecular weight is 373 g/mol. The van der Waals surface area contributed by atoms with Gasteiger partial charge in [0.25, 0.3) is 0 Å². The Morgan fingerprint density at radius 3 is 1.74 bits per heavy atom. The van der Waals surface area contributed by atoms with E-state index in [2.05, 4.69) is 11.5 Å². The van der Waals surface area contributed by atoms with Crippen molar-refractivity contribution in [3.8, 4) is 17.6 Å². The maximum Gasteiger partial charge on any atom is 0.118 e. The van der Waals surface area contributed by atoms with Gasteiger partial charge in [0.15, 0.2) is 0 Å². The van der Waals surface area contributed by atoms with Gasteiger partial charge in [-0.2, -0.15) is 5.26 Å². The van der Waals surface area contributed by atoms with Crippen LogP contribution >= 0.6 is 11.8 Å². The van der Waals surface area contributed by atoms with Gasteiger partial charge in [0.1, 0.15) is 11.5 Å². The first kappa shape index (κ1) is 18.6. The quantitative estimate of drug-likeness (QED) is 0.515. The van der Waals surface area contributed by atoms with E-state index >= 15 is 0 Å². The highest BCUT2D eigenvalue weighted by atomic mass is 32.2. The number of hydrogen-bond donors (Lipinski definition) is 0. The fourth-order valence-corrected chi connectivity index (χ4v) is 3.40. The van der Waals surface area contributed by atoms with E-state index in [1.807, 2.05) is 72.8 Å². The molecule has 0 N–H and O–H groups in total. The smallest absolute Gasteiger partial charge is 0.118 e. The average Bonchev–Trinajstić information content (AvgIpc) is 2.75. The van der Waals surface area contributed by atoms with Crippen LogP contribution in [-0.2, 0) is 0 Å². The molecular weight excluding hydrogens is 354 g/mol. The molecule has 0 radical (unpaired) electrons. The van der Waals surface area contributed by atoms with E-state index in [-0.39, 0.29) is 0 Å². The van der Waals surface area contributed by atoms with Crippen molar-refractivity contribution in [2.24, 2.45) is 0 Å². The van der Waals surface area contributed by atoms with Gasteiger partial charge in [-0.15, -0.1) is 0 Å². The number of benzene rings is 3. The first-order valence-electron chi connectivity index (χ1n) is 8.39. The second-order valence-corrected chi connectivity index (χ2v) is 6.69. The van der Waals surface area contributed by atoms with Crippen LogP contribution in [0.1, 0.15) is 16.7 Å². The van der Waals surface area contributed by atoms with Gasteiger partial charge in [-0.25, -0.2) is 0 Å². The van der Waals surface area contributed by atoms with Crippen LogP contribution in [0.5, 0.6) is 11.5 Å². The Kier molecular flexibility index (Phi) is 6.19. The van der Waals surface area contributed by atoms with Crippen molar-refractivity contribution < 1.29 is 9.47 Å². The van der Waals surface area contributed by atoms with E-state index in [1.165, 1.54) is 0 Å². The summed E-state index contributed by atoms with van der Waals surface area (Å²) in [7, 11) is 3.32. The Labute approximate surface area is 163 Å². The molecule has 0 unspecified atom stereocenters. The minimum Gasteiger partial charge on any atom is -0.497 e. The van der Waals surface area contributed by atoms with E-state index in [0.717, 1.165) is 33.1 Å². The maximum absolute atomic E-state index is 9.04. The molecule has 0 saturated heterocycles. The summed E-state index contributed by atoms with van der Waals surface area (Å²) >= 11 is 1.64. The van der Waals surface area contributed by atoms with Crippen molar-refractivity contribution in [1.29, 1.82) is 5.26 Å². The molecule has 0 atom stereocenters. The van der Waals surface area contributed by atoms with Gasteiger partial charge in [-0.1, -0.05) is 36.0 Å². The Bertz CT molecular complexity index is 953. The zero-order chi connectivity index (χ0) is 19.1. The lowest BCUT2D eigenvalue weighted by Crippen LogP contribution is -1.89. The zero-order valence-corrected chi connectivity index (χ0v) is 16.0. The number of ether oxygens (including phenoxy) is 2. The maximum atomic E-state index is 9.04. The lowest BCUT2D eigenvalue weighted by molar-refractivity contribution is 0.414. The molecule has 0 heterocycles. The largest absolute Gasteiger partial charge is 0.497 e. The minimum atomic E-state index is 0.649. The van der Waals surface area contributed by atoms with Gasteiger partial charge in [0.2, 0.25) is 0 Å². The van der Waals surface area contributed by atoms with Gasteiger partial charge in [0, 0.05) is 4.90 Å². The molecule has 0 aromatic heterocycles. The summed E-state index contributed by atoms with van der Waals surface area (Å²) < 4.78 is 10.5. The molecule has 0 aliphatic heterocycles. The highest BCUT2D eigenvalue weighted by Crippen LogP contribution is 2.31. The van der Waals surface area contributed by atoms with Crippen LogP contribution in [-0.4, -0.2) is 14.2 Å². The van der Waals surface area contributed by atoms with Crippen molar-refractivity contribution in [3.63, 3.8) is 0 Å². The molecule has 0 aliphatic carbocycles. The lowest BCUT2D eigenvalue weighted by Gasteiger charge is -2.10. The molecule has 134 valence electrons. The van der Waals surface area contributed by atoms with Crippen LogP contribution in [0.15, 0.2) is 83.1 Å². The Balaban J connectivity index is 1.95. The summed E-state index contributed by atoms with van der Waals surface area (Å²) in [6.45, 7) is 0. The normalized spacial score (nSPS) is 10.9. The van der Waals surface area contributed by atoms with Gasteiger partial charge in [0.05, 0.1) is 25.9 Å². The standard InChI is InChI=1S/C23H19NO2S/c1-25-20-9-7-19(8-10-20)23(18-5-3-17(15-24)4-6-18)16-27-22-13-11-21(26-2)12-14-22/h3-14,16H,1-2H3. The molecule has 4 heteroatoms. The number of nitrogens with zero attached hydrogens (tertiary/aromatic N) is 1. The molecular formula is C23H19NO2S. The number of thioether (sulfide) groups is 1. The van der Waals surface area contributed by atoms with Crippen LogP contribution in [0.25, 0.3) is 5.57 Å². The monoisotopic (exact) mass is 373 g/mol. The van der Waals surface area contributed by atoms with Crippen LogP contribution in [0.4, 0.5) is 0 Å². The Morgan fingerprint density at radius 1 is 0.778 bits per heavy atom. The molecule has 27 heavy (non-hydrogen) atoms. The number of methoxy groups -OCH3 is 2. The van der Waals surface area contributed by atoms with E-state index in [0.29, 0.717) is 5.56 Å². The van der Waals surface area contributed by atoms with Gasteiger partial charge in [-0.05, 0) is 70.6 Å². The highest BCUT2D eigenvalue weighted by Gasteiger charge is 2.07. The van der Waals surface area contributed by atoms with E-state index in [1.54, 1.807) is 26.0 Å². The van der Waals surface area contributed by atoms with Crippen LogP contribution in [0.2, 0.25) is 0 Å². The van der Waals surface area contributed by atoms with E-state index < -0.39 is 0 Å². The van der Waals surface area contributed by atoms with Crippen LogP contribution < -0.4 is 9.47 Å². The lowest BCUT2D eigenvalue weighted by atomic mass is 9.98. The molecule has 0 spiro atoms. The van der Waals surface area contributed by atoms with Gasteiger partial charge in [-0.3, -0.25) is 0 Å². The summed E-state index contributed by atoms with van der Waals surface area (Å²) in [4.78, 5) is 1.12. The van der Waals surface area contributed by atoms with Crippen molar-refractivity contribution in [1.82, 2.24) is 0 Å². The molecule has 0 fully saturated rings. The summed E-state index contributed by atoms with van der Waals surface area (Å²) in [5, 5.41) is 11.2. The summed E-state index contributed by atoms with van der Waals surface area (Å²) in [5.74, 6) is 1.66. The molecule has 3 rings (SSSR count). The molecule has 3 nitrogen and oxygen atoms in total. The molecule has 3 aromatic rings. The third-order valence-corrected chi connectivity index (χ3v) is 5.00. The van der Waals surface area contributed by atoms with Gasteiger partial charge < -0.3 is 9.47 Å². The third kappa shape index (κ3) is 4.72. The Morgan fingerprint density at radius 2 is 1.26 bits per heavy atom. The topological polar surface area (TPSA) is 42.2 Å². The molecule has 3 aromatic carbocycles. The summed E-state index contributed by atoms with van der Waals surface area (Å²) in [6.07, 6.45) is 0. The fraction of sp³-hybridized carbons (Fsp3) is 0.0870. The highest BCUT2D eigenvalue weighted by molar-refractivity contribution is 8.02. The molecule has 0 amide bonds. The molecule has 0 aliphatic rings. The van der Waals surface area contributed by atoms with E-state index in [4.69, 9.17) is 14.7 Å². The first-order valence-corrected chi connectivity index (χ1v) is 9.27. The SMILES string of the molecule is COc1ccc(SC=C(c2ccc(C#N)cc2)c2ccc(OC)cc2)cc1. The van der Waals surface area contributed by atoms with Gasteiger partial charge >= 0.3 is 0 Å². The Hall–Kier alpha value is -3.16. The fourth-order valence-electron chi connectivity index (χ4n) is 2.58. The summed E-state index contributed by atoms with van der Waals surface area (Å²) in [5.41, 5.74) is 3.88. The molecule has 0 bridgehead atoms. The van der Waals surface area contributed by atoms with Crippen molar-refractivity contribution in [2.45, 2.75) is 4.90 Å². The number of nitriles is 1. The van der Waals surface area contributed by atoms with Crippen molar-refractivity contribution in [2.75, 3.05) is 14.2 Å². The number of hydrogen-bond acceptors (Lipinski definition) is 4. The first-order chi connectivity index (χ1) is 13.2. The third-order valence-electron chi connectivity index (χ3n) is 4.10. The van der Waals surface area contributed by atoms with Crippen LogP contribution in [0, 0.1) is 11.3 Å². The second kappa shape index (κ2) is 8.98. The predicted molar refractivity (Wildman–Crippen MR) is 110 cm³/mol. The van der Waals surface area contributed by atoms with Crippen molar-refractivity contribution in [3.05, 3.63) is 94.9 Å². The molecule has 0 saturated carbocycles. The number of rotatable bonds is 6. The van der Waals surface area contributed by atoms with E-state index in [9.17, 15) is 0 Å². The zero-order valence-electron chi connectivity index (χ0n) is 15.2. The van der Waals surface area contributed by atoms with Crippen molar-refractivity contribution >= 4 is 17.3 Å². The summed E-state index contributed by atoms with van der Waals surface area (Å²) in [6, 6.07) is 25.7. The predicted octanol–water partition coefficient (Wildman–Crippen LogP) is 5.76. The minimum absolute atomic E-state index is 0.649. The van der Waals surface area contributed by atoms with Crippen LogP contribution in [0.3, 0.4) is 0 Å². The second-order valence-electron chi connectivity index (χ2n) is 5.74.